The van der Waals surface area contributed by atoms with Gasteiger partial charge in [-0.1, -0.05) is 5.92 Å². The molecule has 1 aliphatic heterocycles. The van der Waals surface area contributed by atoms with E-state index in [9.17, 15) is 5.11 Å². The van der Waals surface area contributed by atoms with E-state index in [4.69, 9.17) is 6.42 Å². The van der Waals surface area contributed by atoms with Gasteiger partial charge in [-0.25, -0.2) is 0 Å². The van der Waals surface area contributed by atoms with Gasteiger partial charge < -0.3 is 10.4 Å². The SMILES string of the molecule is C#CCN1CCC(NC(C)C(CO)SC)CC1. The minimum absolute atomic E-state index is 0.241. The normalized spacial score (nSPS) is 22.0. The van der Waals surface area contributed by atoms with Crippen LogP contribution in [0, 0.1) is 12.3 Å². The highest BCUT2D eigenvalue weighted by atomic mass is 32.2. The molecule has 1 heterocycles. The summed E-state index contributed by atoms with van der Waals surface area (Å²) in [5.41, 5.74) is 0. The number of hydrogen-bond donors (Lipinski definition) is 2. The van der Waals surface area contributed by atoms with Gasteiger partial charge in [0.1, 0.15) is 0 Å². The van der Waals surface area contributed by atoms with Crippen LogP contribution in [-0.4, -0.2) is 59.8 Å². The molecule has 0 bridgehead atoms. The summed E-state index contributed by atoms with van der Waals surface area (Å²) in [5.74, 6) is 2.70. The molecule has 0 aromatic heterocycles. The lowest BCUT2D eigenvalue weighted by Crippen LogP contribution is -2.48. The lowest BCUT2D eigenvalue weighted by Gasteiger charge is -2.34. The molecular weight excluding hydrogens is 232 g/mol. The number of nitrogens with zero attached hydrogens (tertiary/aromatic N) is 1. The van der Waals surface area contributed by atoms with Crippen LogP contribution < -0.4 is 5.32 Å². The summed E-state index contributed by atoms with van der Waals surface area (Å²) in [5, 5.41) is 13.2. The molecule has 0 aromatic rings. The second-order valence-electron chi connectivity index (χ2n) is 4.67. The summed E-state index contributed by atoms with van der Waals surface area (Å²) in [7, 11) is 0. The fourth-order valence-corrected chi connectivity index (χ4v) is 2.94. The van der Waals surface area contributed by atoms with Gasteiger partial charge in [-0.2, -0.15) is 11.8 Å². The van der Waals surface area contributed by atoms with Crippen molar-refractivity contribution < 1.29 is 5.11 Å². The Morgan fingerprint density at radius 3 is 2.65 bits per heavy atom. The molecule has 0 radical (unpaired) electrons. The summed E-state index contributed by atoms with van der Waals surface area (Å²) in [6, 6.07) is 0.930. The minimum Gasteiger partial charge on any atom is -0.395 e. The number of terminal acetylenes is 1. The molecule has 3 nitrogen and oxygen atoms in total. The Bertz CT molecular complexity index is 242. The highest BCUT2D eigenvalue weighted by Crippen LogP contribution is 2.15. The summed E-state index contributed by atoms with van der Waals surface area (Å²) in [4.78, 5) is 2.32. The molecule has 2 unspecified atom stereocenters. The van der Waals surface area contributed by atoms with E-state index >= 15 is 0 Å². The molecule has 2 atom stereocenters. The summed E-state index contributed by atoms with van der Waals surface area (Å²) >= 11 is 1.73. The topological polar surface area (TPSA) is 35.5 Å². The molecule has 0 aliphatic carbocycles. The Balaban J connectivity index is 2.28. The standard InChI is InChI=1S/C13H24N2OS/c1-4-7-15-8-5-12(6-9-15)14-11(2)13(10-16)17-3/h1,11-14,16H,5-10H2,2-3H3. The average molecular weight is 256 g/mol. The number of piperidine rings is 1. The zero-order valence-corrected chi connectivity index (χ0v) is 11.7. The third-order valence-electron chi connectivity index (χ3n) is 3.44. The highest BCUT2D eigenvalue weighted by molar-refractivity contribution is 7.99. The van der Waals surface area contributed by atoms with E-state index in [0.29, 0.717) is 17.3 Å². The fourth-order valence-electron chi connectivity index (χ4n) is 2.30. The van der Waals surface area contributed by atoms with Crippen LogP contribution >= 0.6 is 11.8 Å². The molecule has 0 aromatic carbocycles. The van der Waals surface area contributed by atoms with Gasteiger partial charge in [-0.3, -0.25) is 4.90 Å². The maximum atomic E-state index is 9.25. The molecule has 1 saturated heterocycles. The summed E-state index contributed by atoms with van der Waals surface area (Å²) < 4.78 is 0. The van der Waals surface area contributed by atoms with Gasteiger partial charge in [0.25, 0.3) is 0 Å². The number of hydrogen-bond acceptors (Lipinski definition) is 4. The quantitative estimate of drug-likeness (QED) is 0.689. The van der Waals surface area contributed by atoms with Gasteiger partial charge >= 0.3 is 0 Å². The second kappa shape index (κ2) is 7.99. The lowest BCUT2D eigenvalue weighted by molar-refractivity contribution is 0.203. The van der Waals surface area contributed by atoms with Crippen molar-refractivity contribution in [1.82, 2.24) is 10.2 Å². The van der Waals surface area contributed by atoms with Gasteiger partial charge in [0.15, 0.2) is 0 Å². The number of nitrogens with one attached hydrogen (secondary N) is 1. The summed E-state index contributed by atoms with van der Waals surface area (Å²) in [6.45, 7) is 5.33. The van der Waals surface area contributed by atoms with Gasteiger partial charge in [-0.15, -0.1) is 6.42 Å². The largest absolute Gasteiger partial charge is 0.395 e. The third-order valence-corrected chi connectivity index (χ3v) is 4.60. The van der Waals surface area contributed by atoms with Crippen molar-refractivity contribution in [2.75, 3.05) is 32.5 Å². The van der Waals surface area contributed by atoms with Gasteiger partial charge in [0.05, 0.1) is 13.2 Å². The smallest absolute Gasteiger partial charge is 0.0598 e. The van der Waals surface area contributed by atoms with E-state index in [2.05, 4.69) is 29.3 Å². The van der Waals surface area contributed by atoms with Crippen LogP contribution in [-0.2, 0) is 0 Å². The molecule has 1 aliphatic rings. The molecule has 0 spiro atoms. The van der Waals surface area contributed by atoms with Crippen LogP contribution in [0.3, 0.4) is 0 Å². The maximum Gasteiger partial charge on any atom is 0.0598 e. The molecule has 2 N–H and O–H groups in total. The van der Waals surface area contributed by atoms with Crippen LogP contribution in [0.4, 0.5) is 0 Å². The van der Waals surface area contributed by atoms with E-state index < -0.39 is 0 Å². The van der Waals surface area contributed by atoms with E-state index in [1.807, 2.05) is 0 Å². The molecule has 1 fully saturated rings. The predicted octanol–water partition coefficient (Wildman–Crippen LogP) is 0.786. The van der Waals surface area contributed by atoms with Gasteiger partial charge in [0, 0.05) is 30.4 Å². The third kappa shape index (κ3) is 4.89. The van der Waals surface area contributed by atoms with Crippen molar-refractivity contribution in [3.05, 3.63) is 0 Å². The van der Waals surface area contributed by atoms with Crippen molar-refractivity contribution in [2.24, 2.45) is 0 Å². The van der Waals surface area contributed by atoms with E-state index in [1.165, 1.54) is 0 Å². The zero-order valence-electron chi connectivity index (χ0n) is 10.9. The Morgan fingerprint density at radius 1 is 1.53 bits per heavy atom. The van der Waals surface area contributed by atoms with Crippen molar-refractivity contribution in [2.45, 2.75) is 37.1 Å². The molecule has 4 heteroatoms. The molecule has 0 amide bonds. The average Bonchev–Trinajstić information content (AvgIpc) is 2.33. The van der Waals surface area contributed by atoms with E-state index in [-0.39, 0.29) is 6.61 Å². The first-order valence-electron chi connectivity index (χ1n) is 6.26. The number of rotatable bonds is 6. The van der Waals surface area contributed by atoms with Crippen molar-refractivity contribution in [1.29, 1.82) is 0 Å². The van der Waals surface area contributed by atoms with Crippen LogP contribution in [0.15, 0.2) is 0 Å². The van der Waals surface area contributed by atoms with Crippen LogP contribution in [0.1, 0.15) is 19.8 Å². The van der Waals surface area contributed by atoms with Gasteiger partial charge in [0.2, 0.25) is 0 Å². The Morgan fingerprint density at radius 2 is 2.18 bits per heavy atom. The molecule has 0 saturated carbocycles. The van der Waals surface area contributed by atoms with E-state index in [0.717, 1.165) is 32.5 Å². The molecular formula is C13H24N2OS. The number of aliphatic hydroxyl groups is 1. The van der Waals surface area contributed by atoms with Crippen LogP contribution in [0.25, 0.3) is 0 Å². The van der Waals surface area contributed by atoms with Crippen molar-refractivity contribution in [3.8, 4) is 12.3 Å². The lowest BCUT2D eigenvalue weighted by atomic mass is 10.0. The van der Waals surface area contributed by atoms with Crippen molar-refractivity contribution >= 4 is 11.8 Å². The Hall–Kier alpha value is -0.210. The van der Waals surface area contributed by atoms with Crippen molar-refractivity contribution in [3.63, 3.8) is 0 Å². The van der Waals surface area contributed by atoms with Crippen LogP contribution in [0.5, 0.6) is 0 Å². The highest BCUT2D eigenvalue weighted by Gasteiger charge is 2.22. The Kier molecular flexibility index (Phi) is 6.98. The first-order valence-corrected chi connectivity index (χ1v) is 7.55. The summed E-state index contributed by atoms with van der Waals surface area (Å²) in [6.07, 6.45) is 9.67. The Labute approximate surface area is 109 Å². The minimum atomic E-state index is 0.241. The molecule has 17 heavy (non-hydrogen) atoms. The van der Waals surface area contributed by atoms with Gasteiger partial charge in [-0.05, 0) is 26.0 Å². The first kappa shape index (κ1) is 14.8. The predicted molar refractivity (Wildman–Crippen MR) is 75.3 cm³/mol. The number of thioether (sulfide) groups is 1. The number of aliphatic hydroxyl groups excluding tert-OH is 1. The zero-order chi connectivity index (χ0) is 12.7. The molecule has 1 rings (SSSR count). The monoisotopic (exact) mass is 256 g/mol. The van der Waals surface area contributed by atoms with E-state index in [1.54, 1.807) is 11.8 Å². The molecule has 98 valence electrons. The second-order valence-corrected chi connectivity index (χ2v) is 5.74. The van der Waals surface area contributed by atoms with Crippen LogP contribution in [0.2, 0.25) is 0 Å². The maximum absolute atomic E-state index is 9.25. The number of likely N-dealkylation sites (tertiary alicyclic amines) is 1. The first-order chi connectivity index (χ1) is 8.21. The fraction of sp³-hybridized carbons (Fsp3) is 0.846.